The molecule has 2 unspecified atom stereocenters. The van der Waals surface area contributed by atoms with Crippen molar-refractivity contribution in [3.05, 3.63) is 0 Å². The molecule has 2 nitrogen and oxygen atoms in total. The average molecular weight is 183 g/mol. The van der Waals surface area contributed by atoms with Gasteiger partial charge in [0.05, 0.1) is 5.60 Å². The molecule has 2 fully saturated rings. The summed E-state index contributed by atoms with van der Waals surface area (Å²) in [5, 5.41) is 10.5. The van der Waals surface area contributed by atoms with Crippen LogP contribution in [0, 0.1) is 5.92 Å². The predicted octanol–water partition coefficient (Wildman–Crippen LogP) is 1.63. The average Bonchev–Trinajstić information content (AvgIpc) is 1.94. The molecule has 2 rings (SSSR count). The third-order valence-corrected chi connectivity index (χ3v) is 4.16. The number of hydrogen-bond acceptors (Lipinski definition) is 2. The van der Waals surface area contributed by atoms with Gasteiger partial charge in [0.15, 0.2) is 0 Å². The van der Waals surface area contributed by atoms with Crippen LogP contribution in [0.15, 0.2) is 0 Å². The van der Waals surface area contributed by atoms with Gasteiger partial charge >= 0.3 is 0 Å². The molecule has 0 bridgehead atoms. The zero-order chi connectivity index (χ0) is 9.47. The molecule has 13 heavy (non-hydrogen) atoms. The largest absolute Gasteiger partial charge is 0.389 e. The predicted molar refractivity (Wildman–Crippen MR) is 53.6 cm³/mol. The van der Waals surface area contributed by atoms with E-state index in [1.165, 1.54) is 19.3 Å². The number of nitrogens with zero attached hydrogens (tertiary/aromatic N) is 1. The summed E-state index contributed by atoms with van der Waals surface area (Å²) < 4.78 is 0. The third-order valence-electron chi connectivity index (χ3n) is 4.16. The minimum absolute atomic E-state index is 0.315. The summed E-state index contributed by atoms with van der Waals surface area (Å²) in [6, 6.07) is 0.555. The van der Waals surface area contributed by atoms with Crippen molar-refractivity contribution >= 4 is 0 Å². The quantitative estimate of drug-likeness (QED) is 0.668. The Labute approximate surface area is 80.9 Å². The molecule has 76 valence electrons. The van der Waals surface area contributed by atoms with E-state index >= 15 is 0 Å². The maximum absolute atomic E-state index is 10.5. The lowest BCUT2D eigenvalue weighted by Gasteiger charge is -2.48. The first kappa shape index (κ1) is 9.47. The topological polar surface area (TPSA) is 23.5 Å². The fraction of sp³-hybridized carbons (Fsp3) is 1.00. The maximum Gasteiger partial charge on any atom is 0.0702 e. The molecule has 1 N–H and O–H groups in total. The van der Waals surface area contributed by atoms with Gasteiger partial charge in [-0.05, 0) is 45.6 Å². The molecular weight excluding hydrogens is 162 g/mol. The van der Waals surface area contributed by atoms with Crippen LogP contribution in [0.25, 0.3) is 0 Å². The second-order valence-electron chi connectivity index (χ2n) is 5.02. The first-order valence-corrected chi connectivity index (χ1v) is 5.54. The van der Waals surface area contributed by atoms with E-state index in [2.05, 4.69) is 18.9 Å². The zero-order valence-corrected chi connectivity index (χ0v) is 8.79. The van der Waals surface area contributed by atoms with Crippen LogP contribution in [-0.4, -0.2) is 35.2 Å². The summed E-state index contributed by atoms with van der Waals surface area (Å²) in [7, 11) is 2.16. The fourth-order valence-electron chi connectivity index (χ4n) is 2.68. The SMILES string of the molecule is CC1CC(O)(C2CCC2)CCN1C. The third kappa shape index (κ3) is 1.62. The first-order valence-electron chi connectivity index (χ1n) is 5.54. The van der Waals surface area contributed by atoms with Crippen LogP contribution in [-0.2, 0) is 0 Å². The Morgan fingerprint density at radius 2 is 2.08 bits per heavy atom. The lowest BCUT2D eigenvalue weighted by atomic mass is 9.67. The highest BCUT2D eigenvalue weighted by atomic mass is 16.3. The van der Waals surface area contributed by atoms with Gasteiger partial charge in [0.1, 0.15) is 0 Å². The highest BCUT2D eigenvalue weighted by Crippen LogP contribution is 2.42. The number of aliphatic hydroxyl groups is 1. The Bertz CT molecular complexity index is 191. The van der Waals surface area contributed by atoms with Crippen LogP contribution in [0.3, 0.4) is 0 Å². The van der Waals surface area contributed by atoms with Gasteiger partial charge in [0, 0.05) is 12.6 Å². The second kappa shape index (κ2) is 3.25. The van der Waals surface area contributed by atoms with Crippen LogP contribution in [0.2, 0.25) is 0 Å². The molecule has 1 saturated heterocycles. The van der Waals surface area contributed by atoms with Crippen LogP contribution in [0.4, 0.5) is 0 Å². The summed E-state index contributed by atoms with van der Waals surface area (Å²) >= 11 is 0. The maximum atomic E-state index is 10.5. The molecule has 2 heteroatoms. The smallest absolute Gasteiger partial charge is 0.0702 e. The van der Waals surface area contributed by atoms with E-state index in [9.17, 15) is 5.11 Å². The molecule has 1 aliphatic heterocycles. The molecule has 0 aromatic carbocycles. The van der Waals surface area contributed by atoms with Crippen molar-refractivity contribution in [1.29, 1.82) is 0 Å². The molecule has 0 amide bonds. The lowest BCUT2D eigenvalue weighted by molar-refractivity contribution is -0.101. The van der Waals surface area contributed by atoms with E-state index in [0.29, 0.717) is 12.0 Å². The Balaban J connectivity index is 1.99. The molecule has 1 saturated carbocycles. The van der Waals surface area contributed by atoms with Crippen LogP contribution < -0.4 is 0 Å². The minimum atomic E-state index is -0.315. The molecule has 2 aliphatic rings. The highest BCUT2D eigenvalue weighted by Gasteiger charge is 2.43. The van der Waals surface area contributed by atoms with Gasteiger partial charge in [-0.15, -0.1) is 0 Å². The van der Waals surface area contributed by atoms with Gasteiger partial charge < -0.3 is 10.0 Å². The van der Waals surface area contributed by atoms with Gasteiger partial charge in [-0.2, -0.15) is 0 Å². The van der Waals surface area contributed by atoms with Crippen LogP contribution in [0.1, 0.15) is 39.0 Å². The number of hydrogen-bond donors (Lipinski definition) is 1. The number of piperidine rings is 1. The Morgan fingerprint density at radius 1 is 1.38 bits per heavy atom. The molecule has 1 aliphatic carbocycles. The molecule has 1 heterocycles. The van der Waals surface area contributed by atoms with E-state index in [0.717, 1.165) is 19.4 Å². The highest BCUT2D eigenvalue weighted by molar-refractivity contribution is 4.96. The Morgan fingerprint density at radius 3 is 2.54 bits per heavy atom. The summed E-state index contributed by atoms with van der Waals surface area (Å²) in [5.41, 5.74) is -0.315. The van der Waals surface area contributed by atoms with Crippen molar-refractivity contribution in [2.75, 3.05) is 13.6 Å². The van der Waals surface area contributed by atoms with Crippen molar-refractivity contribution in [3.8, 4) is 0 Å². The molecule has 0 aromatic rings. The first-order chi connectivity index (χ1) is 6.12. The second-order valence-corrected chi connectivity index (χ2v) is 5.02. The van der Waals surface area contributed by atoms with E-state index in [-0.39, 0.29) is 5.60 Å². The number of rotatable bonds is 1. The summed E-state index contributed by atoms with van der Waals surface area (Å²) in [5.74, 6) is 0.614. The Kier molecular flexibility index (Phi) is 2.37. The molecule has 2 atom stereocenters. The lowest BCUT2D eigenvalue weighted by Crippen LogP contribution is -2.53. The molecule has 0 radical (unpaired) electrons. The fourth-order valence-corrected chi connectivity index (χ4v) is 2.68. The van der Waals surface area contributed by atoms with Gasteiger partial charge in [-0.25, -0.2) is 0 Å². The zero-order valence-electron chi connectivity index (χ0n) is 8.79. The van der Waals surface area contributed by atoms with Crippen LogP contribution in [0.5, 0.6) is 0 Å². The normalized spacial score (nSPS) is 43.2. The molecule has 0 spiro atoms. The van der Waals surface area contributed by atoms with Gasteiger partial charge in [-0.3, -0.25) is 0 Å². The summed E-state index contributed by atoms with van der Waals surface area (Å²) in [6.45, 7) is 3.29. The van der Waals surface area contributed by atoms with Crippen molar-refractivity contribution in [2.24, 2.45) is 5.92 Å². The van der Waals surface area contributed by atoms with Crippen molar-refractivity contribution in [3.63, 3.8) is 0 Å². The van der Waals surface area contributed by atoms with Gasteiger partial charge in [0.2, 0.25) is 0 Å². The van der Waals surface area contributed by atoms with Crippen molar-refractivity contribution in [1.82, 2.24) is 4.90 Å². The molecule has 0 aromatic heterocycles. The van der Waals surface area contributed by atoms with E-state index in [4.69, 9.17) is 0 Å². The Hall–Kier alpha value is -0.0800. The minimum Gasteiger partial charge on any atom is -0.389 e. The monoisotopic (exact) mass is 183 g/mol. The van der Waals surface area contributed by atoms with Crippen molar-refractivity contribution < 1.29 is 5.11 Å². The standard InChI is InChI=1S/C11H21NO/c1-9-8-11(13,6-7-12(9)2)10-4-3-5-10/h9-10,13H,3-8H2,1-2H3. The van der Waals surface area contributed by atoms with Gasteiger partial charge in [-0.1, -0.05) is 6.42 Å². The number of likely N-dealkylation sites (tertiary alicyclic amines) is 1. The van der Waals surface area contributed by atoms with E-state index < -0.39 is 0 Å². The summed E-state index contributed by atoms with van der Waals surface area (Å²) in [4.78, 5) is 2.35. The van der Waals surface area contributed by atoms with Gasteiger partial charge in [0.25, 0.3) is 0 Å². The van der Waals surface area contributed by atoms with E-state index in [1.54, 1.807) is 0 Å². The summed E-state index contributed by atoms with van der Waals surface area (Å²) in [6.07, 6.45) is 5.81. The van der Waals surface area contributed by atoms with Crippen molar-refractivity contribution in [2.45, 2.75) is 50.7 Å². The van der Waals surface area contributed by atoms with Crippen LogP contribution >= 0.6 is 0 Å². The molecular formula is C11H21NO. The van der Waals surface area contributed by atoms with E-state index in [1.807, 2.05) is 0 Å².